The largest absolute Gasteiger partial charge is 0.330 e. The maximum absolute atomic E-state index is 11.4. The second kappa shape index (κ2) is 8.66. The van der Waals surface area contributed by atoms with Crippen LogP contribution in [0.4, 0.5) is 0 Å². The molecule has 0 bridgehead atoms. The predicted molar refractivity (Wildman–Crippen MR) is 59.3 cm³/mol. The van der Waals surface area contributed by atoms with Crippen molar-refractivity contribution in [3.63, 3.8) is 0 Å². The molecule has 0 saturated heterocycles. The van der Waals surface area contributed by atoms with Gasteiger partial charge in [-0.1, -0.05) is 13.8 Å². The minimum absolute atomic E-state index is 0.650. The average molecular weight is 206 g/mol. The third-order valence-electron chi connectivity index (χ3n) is 2.11. The first-order chi connectivity index (χ1) is 6.24. The van der Waals surface area contributed by atoms with Crippen molar-refractivity contribution in [1.82, 2.24) is 4.90 Å². The van der Waals surface area contributed by atoms with E-state index in [1.807, 2.05) is 0 Å². The zero-order valence-corrected chi connectivity index (χ0v) is 9.61. The SMILES string of the molecule is CCN(CC)CCS(=O)CCCN. The highest BCUT2D eigenvalue weighted by Gasteiger charge is 2.02. The monoisotopic (exact) mass is 206 g/mol. The summed E-state index contributed by atoms with van der Waals surface area (Å²) in [5.41, 5.74) is 5.34. The fourth-order valence-electron chi connectivity index (χ4n) is 1.12. The molecule has 0 amide bonds. The van der Waals surface area contributed by atoms with Gasteiger partial charge in [0, 0.05) is 28.9 Å². The molecule has 0 heterocycles. The molecule has 1 atom stereocenters. The van der Waals surface area contributed by atoms with E-state index in [1.165, 1.54) is 0 Å². The topological polar surface area (TPSA) is 46.3 Å². The van der Waals surface area contributed by atoms with Gasteiger partial charge in [0.1, 0.15) is 0 Å². The Morgan fingerprint density at radius 2 is 1.85 bits per heavy atom. The molecule has 2 N–H and O–H groups in total. The Bertz CT molecular complexity index is 138. The molecule has 1 unspecified atom stereocenters. The van der Waals surface area contributed by atoms with Crippen molar-refractivity contribution in [2.45, 2.75) is 20.3 Å². The third kappa shape index (κ3) is 7.16. The highest BCUT2D eigenvalue weighted by atomic mass is 32.2. The molecule has 0 saturated carbocycles. The van der Waals surface area contributed by atoms with Crippen molar-refractivity contribution in [3.05, 3.63) is 0 Å². The molecule has 0 aromatic rings. The quantitative estimate of drug-likeness (QED) is 0.626. The molecule has 0 radical (unpaired) electrons. The van der Waals surface area contributed by atoms with Crippen LogP contribution in [-0.4, -0.2) is 46.8 Å². The van der Waals surface area contributed by atoms with Crippen LogP contribution in [0, 0.1) is 0 Å². The molecule has 0 aromatic carbocycles. The van der Waals surface area contributed by atoms with Crippen LogP contribution in [0.3, 0.4) is 0 Å². The van der Waals surface area contributed by atoms with Gasteiger partial charge in [0.25, 0.3) is 0 Å². The Labute approximate surface area is 84.1 Å². The van der Waals surface area contributed by atoms with E-state index >= 15 is 0 Å². The molecule has 0 aliphatic heterocycles. The Morgan fingerprint density at radius 1 is 1.23 bits per heavy atom. The zero-order valence-electron chi connectivity index (χ0n) is 8.79. The van der Waals surface area contributed by atoms with Gasteiger partial charge < -0.3 is 10.6 Å². The maximum Gasteiger partial charge on any atom is 0.0362 e. The van der Waals surface area contributed by atoms with Gasteiger partial charge in [0.05, 0.1) is 0 Å². The standard InChI is InChI=1S/C9H22N2OS/c1-3-11(4-2)7-9-13(12)8-5-6-10/h3-10H2,1-2H3. The number of rotatable bonds is 8. The molecule has 4 heteroatoms. The summed E-state index contributed by atoms with van der Waals surface area (Å²) >= 11 is 0. The van der Waals surface area contributed by atoms with E-state index in [2.05, 4.69) is 18.7 Å². The van der Waals surface area contributed by atoms with E-state index in [0.717, 1.165) is 37.6 Å². The lowest BCUT2D eigenvalue weighted by Gasteiger charge is -2.17. The van der Waals surface area contributed by atoms with E-state index in [1.54, 1.807) is 0 Å². The first kappa shape index (κ1) is 13.1. The van der Waals surface area contributed by atoms with Crippen LogP contribution >= 0.6 is 0 Å². The van der Waals surface area contributed by atoms with Crippen molar-refractivity contribution in [2.75, 3.05) is 37.7 Å². The molecule has 0 fully saturated rings. The van der Waals surface area contributed by atoms with E-state index in [0.29, 0.717) is 6.54 Å². The van der Waals surface area contributed by atoms with Gasteiger partial charge in [-0.3, -0.25) is 4.21 Å². The van der Waals surface area contributed by atoms with Crippen molar-refractivity contribution >= 4 is 10.8 Å². The average Bonchev–Trinajstić information content (AvgIpc) is 2.16. The summed E-state index contributed by atoms with van der Waals surface area (Å²) in [7, 11) is -0.665. The zero-order chi connectivity index (χ0) is 10.1. The minimum Gasteiger partial charge on any atom is -0.330 e. The van der Waals surface area contributed by atoms with Crippen molar-refractivity contribution < 1.29 is 4.21 Å². The molecular formula is C9H22N2OS. The first-order valence-corrected chi connectivity index (χ1v) is 6.50. The van der Waals surface area contributed by atoms with Crippen LogP contribution in [-0.2, 0) is 10.8 Å². The summed E-state index contributed by atoms with van der Waals surface area (Å²) in [5.74, 6) is 1.56. The molecule has 0 aliphatic carbocycles. The number of nitrogens with zero attached hydrogens (tertiary/aromatic N) is 1. The molecular weight excluding hydrogens is 184 g/mol. The Hall–Kier alpha value is 0.0700. The van der Waals surface area contributed by atoms with Gasteiger partial charge >= 0.3 is 0 Å². The number of nitrogens with two attached hydrogens (primary N) is 1. The van der Waals surface area contributed by atoms with Gasteiger partial charge in [0.15, 0.2) is 0 Å². The lowest BCUT2D eigenvalue weighted by atomic mass is 10.5. The highest BCUT2D eigenvalue weighted by Crippen LogP contribution is 1.91. The van der Waals surface area contributed by atoms with Crippen molar-refractivity contribution in [3.8, 4) is 0 Å². The minimum atomic E-state index is -0.665. The maximum atomic E-state index is 11.4. The highest BCUT2D eigenvalue weighted by molar-refractivity contribution is 7.84. The lowest BCUT2D eigenvalue weighted by molar-refractivity contribution is 0.323. The molecule has 0 spiro atoms. The summed E-state index contributed by atoms with van der Waals surface area (Å²) < 4.78 is 11.4. The van der Waals surface area contributed by atoms with Gasteiger partial charge in [-0.15, -0.1) is 0 Å². The lowest BCUT2D eigenvalue weighted by Crippen LogP contribution is -2.28. The fraction of sp³-hybridized carbons (Fsp3) is 1.00. The van der Waals surface area contributed by atoms with Crippen LogP contribution in [0.5, 0.6) is 0 Å². The summed E-state index contributed by atoms with van der Waals surface area (Å²) in [6.45, 7) is 7.95. The van der Waals surface area contributed by atoms with Crippen LogP contribution in [0.15, 0.2) is 0 Å². The summed E-state index contributed by atoms with van der Waals surface area (Å²) in [6.07, 6.45) is 0.880. The molecule has 0 rings (SSSR count). The molecule has 80 valence electrons. The van der Waals surface area contributed by atoms with Gasteiger partial charge in [-0.05, 0) is 26.1 Å². The van der Waals surface area contributed by atoms with Crippen LogP contribution in [0.25, 0.3) is 0 Å². The third-order valence-corrected chi connectivity index (χ3v) is 3.49. The second-order valence-electron chi connectivity index (χ2n) is 3.02. The predicted octanol–water partition coefficient (Wildman–Crippen LogP) is 0.426. The van der Waals surface area contributed by atoms with Gasteiger partial charge in [0.2, 0.25) is 0 Å². The van der Waals surface area contributed by atoms with Gasteiger partial charge in [-0.2, -0.15) is 0 Å². The molecule has 0 aliphatic rings. The van der Waals surface area contributed by atoms with Crippen LogP contribution in [0.1, 0.15) is 20.3 Å². The molecule has 3 nitrogen and oxygen atoms in total. The van der Waals surface area contributed by atoms with Gasteiger partial charge in [-0.25, -0.2) is 0 Å². The fourth-order valence-corrected chi connectivity index (χ4v) is 2.27. The van der Waals surface area contributed by atoms with E-state index < -0.39 is 10.8 Å². The van der Waals surface area contributed by atoms with Crippen molar-refractivity contribution in [2.24, 2.45) is 5.73 Å². The Morgan fingerprint density at radius 3 is 2.31 bits per heavy atom. The molecule has 0 aromatic heterocycles. The summed E-state index contributed by atoms with van der Waals surface area (Å²) in [6, 6.07) is 0. The van der Waals surface area contributed by atoms with E-state index in [-0.39, 0.29) is 0 Å². The smallest absolute Gasteiger partial charge is 0.0362 e. The van der Waals surface area contributed by atoms with Crippen LogP contribution < -0.4 is 5.73 Å². The Kier molecular flexibility index (Phi) is 8.71. The van der Waals surface area contributed by atoms with Crippen molar-refractivity contribution in [1.29, 1.82) is 0 Å². The summed E-state index contributed by atoms with van der Waals surface area (Å²) in [4.78, 5) is 2.29. The number of hydrogen-bond acceptors (Lipinski definition) is 3. The van der Waals surface area contributed by atoms with E-state index in [4.69, 9.17) is 5.73 Å². The Balaban J connectivity index is 3.44. The summed E-state index contributed by atoms with van der Waals surface area (Å²) in [5, 5.41) is 0. The first-order valence-electron chi connectivity index (χ1n) is 5.02. The van der Waals surface area contributed by atoms with Crippen LogP contribution in [0.2, 0.25) is 0 Å². The second-order valence-corrected chi connectivity index (χ2v) is 4.71. The number of hydrogen-bond donors (Lipinski definition) is 1. The van der Waals surface area contributed by atoms with E-state index in [9.17, 15) is 4.21 Å². The molecule has 13 heavy (non-hydrogen) atoms. The normalized spacial score (nSPS) is 13.5.